The lowest BCUT2D eigenvalue weighted by molar-refractivity contribution is 0.0681. The molecule has 0 radical (unpaired) electrons. The smallest absolute Gasteiger partial charge is 0.336 e. The van der Waals surface area contributed by atoms with Crippen molar-refractivity contribution in [3.8, 4) is 11.1 Å². The molecule has 2 aromatic carbocycles. The summed E-state index contributed by atoms with van der Waals surface area (Å²) in [5, 5.41) is 24.0. The first-order valence-corrected chi connectivity index (χ1v) is 10.4. The van der Waals surface area contributed by atoms with Gasteiger partial charge in [0.05, 0.1) is 28.9 Å². The number of carboxylic acid groups (broad SMARTS) is 2. The van der Waals surface area contributed by atoms with Gasteiger partial charge in [-0.15, -0.1) is 0 Å². The molecule has 2 amide bonds. The van der Waals surface area contributed by atoms with Crippen LogP contribution in [-0.4, -0.2) is 60.3 Å². The van der Waals surface area contributed by atoms with E-state index >= 15 is 0 Å². The molecule has 0 saturated carbocycles. The zero-order valence-corrected chi connectivity index (χ0v) is 19.0. The minimum Gasteiger partial charge on any atom is -0.478 e. The molecule has 0 bridgehead atoms. The third kappa shape index (κ3) is 6.63. The molecule has 2 aromatic rings. The maximum Gasteiger partial charge on any atom is 0.336 e. The van der Waals surface area contributed by atoms with Crippen molar-refractivity contribution in [3.63, 3.8) is 0 Å². The fourth-order valence-corrected chi connectivity index (χ4v) is 3.15. The van der Waals surface area contributed by atoms with E-state index in [1.54, 1.807) is 6.92 Å². The van der Waals surface area contributed by atoms with Crippen LogP contribution in [0.4, 0.5) is 0 Å². The number of amides is 2. The molecule has 0 heterocycles. The van der Waals surface area contributed by atoms with E-state index in [1.807, 2.05) is 13.8 Å². The Morgan fingerprint density at radius 3 is 1.70 bits per heavy atom. The molecule has 176 valence electrons. The molecule has 0 aliphatic heterocycles. The SMILES string of the molecule is CNC(=O)c1cc(-c2ccc(C(=O)O)c(C(=O)NC(C)COCC(C)C)c2)ccc1C(=O)O. The summed E-state index contributed by atoms with van der Waals surface area (Å²) in [7, 11) is 1.39. The van der Waals surface area contributed by atoms with Gasteiger partial charge in [0.15, 0.2) is 0 Å². The van der Waals surface area contributed by atoms with Crippen LogP contribution in [0.1, 0.15) is 62.2 Å². The lowest BCUT2D eigenvalue weighted by Crippen LogP contribution is -2.37. The third-order valence-electron chi connectivity index (χ3n) is 4.75. The molecule has 2 rings (SSSR count). The van der Waals surface area contributed by atoms with Crippen molar-refractivity contribution < 1.29 is 34.1 Å². The molecular weight excluding hydrogens is 428 g/mol. The first-order chi connectivity index (χ1) is 15.5. The standard InChI is InChI=1S/C24H28N2O7/c1-13(2)11-33-12-14(3)26-22(28)20-10-16(6-8-18(20)24(31)32)15-5-7-17(23(29)30)19(9-15)21(27)25-4/h5-10,13-14H,11-12H2,1-4H3,(H,25,27)(H,26,28)(H,29,30)(H,31,32). The van der Waals surface area contributed by atoms with Crippen molar-refractivity contribution in [1.82, 2.24) is 10.6 Å². The van der Waals surface area contributed by atoms with Gasteiger partial charge >= 0.3 is 11.9 Å². The van der Waals surface area contributed by atoms with Crippen molar-refractivity contribution in [2.75, 3.05) is 20.3 Å². The van der Waals surface area contributed by atoms with Gasteiger partial charge < -0.3 is 25.6 Å². The molecule has 0 aromatic heterocycles. The maximum absolute atomic E-state index is 12.9. The third-order valence-corrected chi connectivity index (χ3v) is 4.75. The summed E-state index contributed by atoms with van der Waals surface area (Å²) in [6.45, 7) is 6.58. The van der Waals surface area contributed by atoms with Crippen LogP contribution in [0.3, 0.4) is 0 Å². The Labute approximate surface area is 191 Å². The van der Waals surface area contributed by atoms with Gasteiger partial charge in [-0.2, -0.15) is 0 Å². The van der Waals surface area contributed by atoms with E-state index in [4.69, 9.17) is 4.74 Å². The van der Waals surface area contributed by atoms with Crippen LogP contribution in [0.2, 0.25) is 0 Å². The maximum atomic E-state index is 12.9. The van der Waals surface area contributed by atoms with Crippen LogP contribution in [0.15, 0.2) is 36.4 Å². The number of carbonyl (C=O) groups excluding carboxylic acids is 2. The van der Waals surface area contributed by atoms with Crippen LogP contribution in [0.25, 0.3) is 11.1 Å². The fourth-order valence-electron chi connectivity index (χ4n) is 3.15. The average molecular weight is 456 g/mol. The van der Waals surface area contributed by atoms with Gasteiger partial charge in [0, 0.05) is 19.7 Å². The molecule has 0 saturated heterocycles. The number of benzene rings is 2. The van der Waals surface area contributed by atoms with E-state index in [2.05, 4.69) is 10.6 Å². The van der Waals surface area contributed by atoms with Gasteiger partial charge in [0.25, 0.3) is 11.8 Å². The molecule has 9 nitrogen and oxygen atoms in total. The molecule has 4 N–H and O–H groups in total. The fraction of sp³-hybridized carbons (Fsp3) is 0.333. The van der Waals surface area contributed by atoms with E-state index in [1.165, 1.54) is 43.4 Å². The lowest BCUT2D eigenvalue weighted by Gasteiger charge is -2.17. The van der Waals surface area contributed by atoms with Gasteiger partial charge in [-0.1, -0.05) is 26.0 Å². The summed E-state index contributed by atoms with van der Waals surface area (Å²) in [6.07, 6.45) is 0. The van der Waals surface area contributed by atoms with Crippen LogP contribution in [-0.2, 0) is 4.74 Å². The normalized spacial score (nSPS) is 11.7. The summed E-state index contributed by atoms with van der Waals surface area (Å²) < 4.78 is 5.52. The number of carbonyl (C=O) groups is 4. The highest BCUT2D eigenvalue weighted by molar-refractivity contribution is 6.07. The summed E-state index contributed by atoms with van der Waals surface area (Å²) in [6, 6.07) is 8.04. The Bertz CT molecular complexity index is 1060. The van der Waals surface area contributed by atoms with E-state index in [-0.39, 0.29) is 34.9 Å². The van der Waals surface area contributed by atoms with Crippen molar-refractivity contribution in [2.24, 2.45) is 5.92 Å². The van der Waals surface area contributed by atoms with Crippen molar-refractivity contribution in [2.45, 2.75) is 26.8 Å². The Morgan fingerprint density at radius 1 is 0.788 bits per heavy atom. The Hall–Kier alpha value is -3.72. The molecule has 0 fully saturated rings. The Kier molecular flexibility index (Phi) is 8.70. The second-order valence-corrected chi connectivity index (χ2v) is 8.02. The number of hydrogen-bond acceptors (Lipinski definition) is 5. The highest BCUT2D eigenvalue weighted by atomic mass is 16.5. The summed E-state index contributed by atoms with van der Waals surface area (Å²) in [5.41, 5.74) is 0.453. The topological polar surface area (TPSA) is 142 Å². The van der Waals surface area contributed by atoms with Gasteiger partial charge in [-0.25, -0.2) is 9.59 Å². The first kappa shape index (κ1) is 25.5. The molecule has 33 heavy (non-hydrogen) atoms. The lowest BCUT2D eigenvalue weighted by atomic mass is 9.95. The minimum absolute atomic E-state index is 0.0493. The number of aromatic carboxylic acids is 2. The average Bonchev–Trinajstić information content (AvgIpc) is 2.77. The molecule has 9 heteroatoms. The largest absolute Gasteiger partial charge is 0.478 e. The number of ether oxygens (including phenoxy) is 1. The van der Waals surface area contributed by atoms with Crippen LogP contribution in [0.5, 0.6) is 0 Å². The molecular formula is C24H28N2O7. The first-order valence-electron chi connectivity index (χ1n) is 10.4. The molecule has 1 atom stereocenters. The molecule has 0 aliphatic rings. The highest BCUT2D eigenvalue weighted by Gasteiger charge is 2.21. The number of nitrogens with one attached hydrogen (secondary N) is 2. The summed E-state index contributed by atoms with van der Waals surface area (Å²) in [4.78, 5) is 48.2. The van der Waals surface area contributed by atoms with Crippen molar-refractivity contribution in [3.05, 3.63) is 58.7 Å². The highest BCUT2D eigenvalue weighted by Crippen LogP contribution is 2.26. The van der Waals surface area contributed by atoms with Crippen molar-refractivity contribution in [1.29, 1.82) is 0 Å². The van der Waals surface area contributed by atoms with Gasteiger partial charge in [-0.05, 0) is 48.2 Å². The Balaban J connectivity index is 2.41. The minimum atomic E-state index is -1.26. The van der Waals surface area contributed by atoms with E-state index in [9.17, 15) is 29.4 Å². The molecule has 1 unspecified atom stereocenters. The van der Waals surface area contributed by atoms with Crippen LogP contribution < -0.4 is 10.6 Å². The van der Waals surface area contributed by atoms with Crippen LogP contribution >= 0.6 is 0 Å². The zero-order valence-electron chi connectivity index (χ0n) is 19.0. The monoisotopic (exact) mass is 456 g/mol. The number of carboxylic acids is 2. The predicted molar refractivity (Wildman–Crippen MR) is 122 cm³/mol. The second-order valence-electron chi connectivity index (χ2n) is 8.02. The molecule has 0 aliphatic carbocycles. The quantitative estimate of drug-likeness (QED) is 0.431. The summed E-state index contributed by atoms with van der Waals surface area (Å²) in [5.74, 6) is -3.33. The number of rotatable bonds is 10. The number of hydrogen-bond donors (Lipinski definition) is 4. The van der Waals surface area contributed by atoms with Crippen LogP contribution in [0, 0.1) is 5.92 Å². The van der Waals surface area contributed by atoms with E-state index < -0.39 is 23.8 Å². The zero-order chi connectivity index (χ0) is 24.7. The van der Waals surface area contributed by atoms with Crippen molar-refractivity contribution >= 4 is 23.8 Å². The van der Waals surface area contributed by atoms with E-state index in [0.717, 1.165) is 0 Å². The second kappa shape index (κ2) is 11.2. The molecule has 0 spiro atoms. The predicted octanol–water partition coefficient (Wildman–Crippen LogP) is 2.90. The van der Waals surface area contributed by atoms with Gasteiger partial charge in [0.1, 0.15) is 0 Å². The Morgan fingerprint density at radius 2 is 1.27 bits per heavy atom. The van der Waals surface area contributed by atoms with Gasteiger partial charge in [-0.3, -0.25) is 9.59 Å². The summed E-state index contributed by atoms with van der Waals surface area (Å²) >= 11 is 0. The van der Waals surface area contributed by atoms with Gasteiger partial charge in [0.2, 0.25) is 0 Å². The van der Waals surface area contributed by atoms with E-state index in [0.29, 0.717) is 23.7 Å².